The largest absolute Gasteiger partial charge is 0.481 e. The molecule has 0 bridgehead atoms. The first-order valence-corrected chi connectivity index (χ1v) is 8.33. The van der Waals surface area contributed by atoms with Crippen LogP contribution in [-0.4, -0.2) is 23.7 Å². The highest BCUT2D eigenvalue weighted by Crippen LogP contribution is 2.33. The Morgan fingerprint density at radius 1 is 1.04 bits per heavy atom. The number of rotatable bonds is 6. The van der Waals surface area contributed by atoms with Gasteiger partial charge in [0.05, 0.1) is 5.92 Å². The maximum absolute atomic E-state index is 12.4. The van der Waals surface area contributed by atoms with E-state index in [0.717, 1.165) is 5.56 Å². The van der Waals surface area contributed by atoms with Crippen LogP contribution in [0.4, 0.5) is 0 Å². The van der Waals surface area contributed by atoms with E-state index in [4.69, 9.17) is 9.47 Å². The maximum Gasteiger partial charge on any atom is 0.307 e. The minimum absolute atomic E-state index is 0.0517. The van der Waals surface area contributed by atoms with Crippen molar-refractivity contribution >= 4 is 11.8 Å². The fourth-order valence-electron chi connectivity index (χ4n) is 2.56. The van der Waals surface area contributed by atoms with Gasteiger partial charge in [-0.25, -0.2) is 0 Å². The lowest BCUT2D eigenvalue weighted by Crippen LogP contribution is -2.20. The van der Waals surface area contributed by atoms with Crippen molar-refractivity contribution in [2.45, 2.75) is 26.7 Å². The molecule has 0 saturated heterocycles. The lowest BCUT2D eigenvalue weighted by atomic mass is 9.92. The Morgan fingerprint density at radius 2 is 1.72 bits per heavy atom. The summed E-state index contributed by atoms with van der Waals surface area (Å²) in [4.78, 5) is 23.9. The first-order chi connectivity index (χ1) is 12.1. The van der Waals surface area contributed by atoms with Gasteiger partial charge in [-0.15, -0.1) is 0 Å². The van der Waals surface area contributed by atoms with Gasteiger partial charge in [0.15, 0.2) is 17.3 Å². The normalized spacial score (nSPS) is 12.7. The summed E-state index contributed by atoms with van der Waals surface area (Å²) < 4.78 is 10.5. The molecule has 5 heteroatoms. The molecule has 1 atom stereocenters. The Bertz CT molecular complexity index is 724. The first-order valence-electron chi connectivity index (χ1n) is 8.33. The Morgan fingerprint density at radius 3 is 2.40 bits per heavy atom. The number of carboxylic acids is 1. The van der Waals surface area contributed by atoms with Gasteiger partial charge >= 0.3 is 5.97 Å². The minimum atomic E-state index is -0.969. The van der Waals surface area contributed by atoms with E-state index in [9.17, 15) is 14.7 Å². The molecule has 0 aromatic heterocycles. The molecular formula is C20H22O5. The molecule has 0 fully saturated rings. The highest BCUT2D eigenvalue weighted by Gasteiger charge is 2.24. The van der Waals surface area contributed by atoms with Gasteiger partial charge in [0, 0.05) is 12.0 Å². The fourth-order valence-corrected chi connectivity index (χ4v) is 2.56. The second kappa shape index (κ2) is 8.87. The van der Waals surface area contributed by atoms with E-state index < -0.39 is 11.9 Å². The van der Waals surface area contributed by atoms with Gasteiger partial charge in [-0.2, -0.15) is 0 Å². The average molecular weight is 342 g/mol. The SMILES string of the molecule is CC.O=C(CC(Cc1ccccc1)C(=O)O)c1ccc2c(c1)OCO2. The van der Waals surface area contributed by atoms with E-state index in [-0.39, 0.29) is 19.0 Å². The number of Topliss-reactive ketones (excluding diaryl/α,β-unsaturated/α-hetero) is 1. The zero-order valence-electron chi connectivity index (χ0n) is 14.4. The summed E-state index contributed by atoms with van der Waals surface area (Å²) in [7, 11) is 0. The number of carboxylic acid groups (broad SMARTS) is 1. The number of hydrogen-bond donors (Lipinski definition) is 1. The van der Waals surface area contributed by atoms with Crippen LogP contribution in [0.5, 0.6) is 11.5 Å². The first kappa shape index (κ1) is 18.5. The van der Waals surface area contributed by atoms with Gasteiger partial charge in [0.2, 0.25) is 6.79 Å². The molecule has 0 amide bonds. The van der Waals surface area contributed by atoms with Crippen molar-refractivity contribution in [3.8, 4) is 11.5 Å². The second-order valence-electron chi connectivity index (χ2n) is 5.42. The molecule has 1 heterocycles. The number of carbonyl (C=O) groups excluding carboxylic acids is 1. The van der Waals surface area contributed by atoms with Crippen molar-refractivity contribution in [1.82, 2.24) is 0 Å². The van der Waals surface area contributed by atoms with E-state index in [2.05, 4.69) is 0 Å². The zero-order chi connectivity index (χ0) is 18.2. The molecule has 25 heavy (non-hydrogen) atoms. The summed E-state index contributed by atoms with van der Waals surface area (Å²) in [5.41, 5.74) is 1.34. The van der Waals surface area contributed by atoms with Crippen LogP contribution in [0.25, 0.3) is 0 Å². The second-order valence-corrected chi connectivity index (χ2v) is 5.42. The topological polar surface area (TPSA) is 72.8 Å². The maximum atomic E-state index is 12.4. The van der Waals surface area contributed by atoms with Gasteiger partial charge in [0.25, 0.3) is 0 Å². The van der Waals surface area contributed by atoms with E-state index >= 15 is 0 Å². The molecule has 0 saturated carbocycles. The predicted octanol–water partition coefficient (Wildman–Crippen LogP) is 3.96. The van der Waals surface area contributed by atoms with E-state index in [0.29, 0.717) is 23.5 Å². The van der Waals surface area contributed by atoms with Crippen molar-refractivity contribution in [2.24, 2.45) is 5.92 Å². The lowest BCUT2D eigenvalue weighted by molar-refractivity contribution is -0.141. The molecule has 1 N–H and O–H groups in total. The summed E-state index contributed by atoms with van der Waals surface area (Å²) in [6.07, 6.45) is 0.274. The number of benzene rings is 2. The van der Waals surface area contributed by atoms with Crippen molar-refractivity contribution < 1.29 is 24.2 Å². The summed E-state index contributed by atoms with van der Waals surface area (Å²) in [5.74, 6) is -0.823. The monoisotopic (exact) mass is 342 g/mol. The Kier molecular flexibility index (Phi) is 6.57. The molecule has 5 nitrogen and oxygen atoms in total. The molecule has 0 radical (unpaired) electrons. The van der Waals surface area contributed by atoms with Crippen LogP contribution in [0, 0.1) is 5.92 Å². The third-order valence-electron chi connectivity index (χ3n) is 3.80. The quantitative estimate of drug-likeness (QED) is 0.805. The molecule has 0 aliphatic carbocycles. The molecule has 1 aliphatic rings. The van der Waals surface area contributed by atoms with Crippen LogP contribution >= 0.6 is 0 Å². The molecule has 132 valence electrons. The van der Waals surface area contributed by atoms with Crippen LogP contribution in [0.1, 0.15) is 36.2 Å². The molecule has 2 aromatic rings. The predicted molar refractivity (Wildman–Crippen MR) is 94.1 cm³/mol. The van der Waals surface area contributed by atoms with Crippen molar-refractivity contribution in [3.63, 3.8) is 0 Å². The molecule has 0 spiro atoms. The van der Waals surface area contributed by atoms with Crippen LogP contribution in [0.3, 0.4) is 0 Å². The van der Waals surface area contributed by atoms with Crippen LogP contribution in [-0.2, 0) is 11.2 Å². The summed E-state index contributed by atoms with van der Waals surface area (Å²) in [6.45, 7) is 4.14. The molecule has 2 aromatic carbocycles. The van der Waals surface area contributed by atoms with E-state index in [1.165, 1.54) is 0 Å². The third kappa shape index (κ3) is 4.83. The summed E-state index contributed by atoms with van der Waals surface area (Å²) in [6, 6.07) is 14.2. The number of hydrogen-bond acceptors (Lipinski definition) is 4. The number of fused-ring (bicyclic) bond motifs is 1. The van der Waals surface area contributed by atoms with Gasteiger partial charge < -0.3 is 14.6 Å². The van der Waals surface area contributed by atoms with Crippen molar-refractivity contribution in [1.29, 1.82) is 0 Å². The minimum Gasteiger partial charge on any atom is -0.481 e. The van der Waals surface area contributed by atoms with Gasteiger partial charge in [-0.3, -0.25) is 9.59 Å². The fraction of sp³-hybridized carbons (Fsp3) is 0.300. The lowest BCUT2D eigenvalue weighted by Gasteiger charge is -2.12. The molecule has 1 unspecified atom stereocenters. The Hall–Kier alpha value is -2.82. The van der Waals surface area contributed by atoms with Crippen molar-refractivity contribution in [2.75, 3.05) is 6.79 Å². The Balaban J connectivity index is 0.00000109. The van der Waals surface area contributed by atoms with Crippen molar-refractivity contribution in [3.05, 3.63) is 59.7 Å². The highest BCUT2D eigenvalue weighted by molar-refractivity contribution is 5.98. The summed E-state index contributed by atoms with van der Waals surface area (Å²) >= 11 is 0. The van der Waals surface area contributed by atoms with Crippen LogP contribution in [0.15, 0.2) is 48.5 Å². The average Bonchev–Trinajstić information content (AvgIpc) is 3.11. The zero-order valence-corrected chi connectivity index (χ0v) is 14.4. The Labute approximate surface area is 147 Å². The van der Waals surface area contributed by atoms with Gasteiger partial charge in [-0.1, -0.05) is 44.2 Å². The molecule has 3 rings (SSSR count). The number of carbonyl (C=O) groups is 2. The van der Waals surface area contributed by atoms with Crippen LogP contribution in [0.2, 0.25) is 0 Å². The van der Waals surface area contributed by atoms with Gasteiger partial charge in [0.1, 0.15) is 0 Å². The van der Waals surface area contributed by atoms with E-state index in [1.807, 2.05) is 44.2 Å². The summed E-state index contributed by atoms with van der Waals surface area (Å²) in [5, 5.41) is 9.39. The molecular weight excluding hydrogens is 320 g/mol. The van der Waals surface area contributed by atoms with Crippen LogP contribution < -0.4 is 9.47 Å². The molecule has 1 aliphatic heterocycles. The standard InChI is InChI=1S/C18H16O5.C2H6/c19-15(13-6-7-16-17(10-13)23-11-22-16)9-14(18(20)21)8-12-4-2-1-3-5-12;1-2/h1-7,10,14H,8-9,11H2,(H,20,21);1-2H3. The number of aliphatic carboxylic acids is 1. The van der Waals surface area contributed by atoms with E-state index in [1.54, 1.807) is 18.2 Å². The number of ketones is 1. The third-order valence-corrected chi connectivity index (χ3v) is 3.80. The number of ether oxygens (including phenoxy) is 2. The highest BCUT2D eigenvalue weighted by atomic mass is 16.7. The van der Waals surface area contributed by atoms with Gasteiger partial charge in [-0.05, 0) is 30.2 Å². The smallest absolute Gasteiger partial charge is 0.307 e.